The van der Waals surface area contributed by atoms with E-state index in [0.29, 0.717) is 0 Å². The highest BCUT2D eigenvalue weighted by Crippen LogP contribution is 2.33. The fourth-order valence-corrected chi connectivity index (χ4v) is 3.56. The summed E-state index contributed by atoms with van der Waals surface area (Å²) in [5, 5.41) is 16.4. The van der Waals surface area contributed by atoms with Crippen molar-refractivity contribution in [1.82, 2.24) is 40.3 Å². The van der Waals surface area contributed by atoms with E-state index in [4.69, 9.17) is 0 Å². The summed E-state index contributed by atoms with van der Waals surface area (Å²) in [5.41, 5.74) is 7.02. The number of aromatic nitrogens is 8. The zero-order valence-corrected chi connectivity index (χ0v) is 15.1. The maximum absolute atomic E-state index is 4.55. The van der Waals surface area contributed by atoms with Gasteiger partial charge in [0, 0.05) is 40.4 Å². The van der Waals surface area contributed by atoms with E-state index in [1.165, 1.54) is 0 Å². The molecule has 3 N–H and O–H groups in total. The van der Waals surface area contributed by atoms with E-state index in [1.807, 2.05) is 36.5 Å². The van der Waals surface area contributed by atoms with Gasteiger partial charge in [-0.2, -0.15) is 10.2 Å². The van der Waals surface area contributed by atoms with Gasteiger partial charge in [0.15, 0.2) is 0 Å². The fraction of sp³-hybridized carbons (Fsp3) is 0. The van der Waals surface area contributed by atoms with Crippen molar-refractivity contribution in [2.24, 2.45) is 0 Å². The first-order valence-electron chi connectivity index (χ1n) is 9.09. The minimum atomic E-state index is 0.829. The number of fused-ring (bicyclic) bond motifs is 2. The molecule has 6 rings (SSSR count). The topological polar surface area (TPSA) is 112 Å². The third kappa shape index (κ3) is 2.50. The van der Waals surface area contributed by atoms with E-state index in [-0.39, 0.29) is 0 Å². The molecule has 0 saturated carbocycles. The standard InChI is InChI=1S/C21H14N8/c1-2-5-22-16(3-1)20-13-8-18(27-15(13)4-6-23-20)21-14-7-17(12-9-25-26-10-12)24-11-19(14)28-29-21/h1-11,27H,(H,25,26)(H,28,29). The van der Waals surface area contributed by atoms with Crippen LogP contribution >= 0.6 is 0 Å². The molecule has 0 aliphatic heterocycles. The van der Waals surface area contributed by atoms with Crippen LogP contribution in [0.25, 0.3) is 55.8 Å². The lowest BCUT2D eigenvalue weighted by atomic mass is 10.1. The van der Waals surface area contributed by atoms with Crippen molar-refractivity contribution in [2.75, 3.05) is 0 Å². The van der Waals surface area contributed by atoms with Crippen LogP contribution in [0, 0.1) is 0 Å². The van der Waals surface area contributed by atoms with E-state index in [0.717, 1.165) is 55.8 Å². The molecule has 0 aliphatic carbocycles. The lowest BCUT2D eigenvalue weighted by molar-refractivity contribution is 1.09. The van der Waals surface area contributed by atoms with Gasteiger partial charge in [-0.05, 0) is 30.3 Å². The molecular weight excluding hydrogens is 364 g/mol. The third-order valence-electron chi connectivity index (χ3n) is 4.95. The second-order valence-electron chi connectivity index (χ2n) is 6.69. The molecule has 8 heteroatoms. The molecule has 0 spiro atoms. The van der Waals surface area contributed by atoms with Crippen LogP contribution in [-0.4, -0.2) is 40.3 Å². The summed E-state index contributed by atoms with van der Waals surface area (Å²) in [4.78, 5) is 17.0. The van der Waals surface area contributed by atoms with Crippen molar-refractivity contribution in [3.63, 3.8) is 0 Å². The summed E-state index contributed by atoms with van der Waals surface area (Å²) < 4.78 is 0. The quantitative estimate of drug-likeness (QED) is 0.432. The summed E-state index contributed by atoms with van der Waals surface area (Å²) in [6.45, 7) is 0. The Kier molecular flexibility index (Phi) is 3.30. The van der Waals surface area contributed by atoms with Crippen molar-refractivity contribution in [3.8, 4) is 34.0 Å². The van der Waals surface area contributed by atoms with Crippen molar-refractivity contribution in [3.05, 3.63) is 67.4 Å². The lowest BCUT2D eigenvalue weighted by Gasteiger charge is -2.00. The van der Waals surface area contributed by atoms with Crippen LogP contribution < -0.4 is 0 Å². The number of hydrogen-bond donors (Lipinski definition) is 3. The van der Waals surface area contributed by atoms with E-state index in [2.05, 4.69) is 46.4 Å². The first-order valence-corrected chi connectivity index (χ1v) is 9.09. The molecule has 0 fully saturated rings. The summed E-state index contributed by atoms with van der Waals surface area (Å²) in [6, 6.07) is 11.9. The molecule has 29 heavy (non-hydrogen) atoms. The van der Waals surface area contributed by atoms with Crippen LogP contribution in [0.3, 0.4) is 0 Å². The molecule has 0 bridgehead atoms. The number of H-pyrrole nitrogens is 3. The van der Waals surface area contributed by atoms with Crippen molar-refractivity contribution >= 4 is 21.8 Å². The molecule has 138 valence electrons. The van der Waals surface area contributed by atoms with Crippen molar-refractivity contribution in [1.29, 1.82) is 0 Å². The van der Waals surface area contributed by atoms with Crippen LogP contribution in [0.2, 0.25) is 0 Å². The highest BCUT2D eigenvalue weighted by Gasteiger charge is 2.15. The van der Waals surface area contributed by atoms with Crippen molar-refractivity contribution < 1.29 is 0 Å². The molecule has 0 atom stereocenters. The van der Waals surface area contributed by atoms with E-state index in [1.54, 1.807) is 24.8 Å². The molecule has 6 aromatic heterocycles. The second-order valence-corrected chi connectivity index (χ2v) is 6.69. The van der Waals surface area contributed by atoms with Gasteiger partial charge >= 0.3 is 0 Å². The van der Waals surface area contributed by atoms with Gasteiger partial charge in [0.1, 0.15) is 5.69 Å². The van der Waals surface area contributed by atoms with Gasteiger partial charge in [-0.15, -0.1) is 0 Å². The molecular formula is C21H14N8. The summed E-state index contributed by atoms with van der Waals surface area (Å²) in [6.07, 6.45) is 8.92. The van der Waals surface area contributed by atoms with Crippen molar-refractivity contribution in [2.45, 2.75) is 0 Å². The molecule has 0 saturated heterocycles. The Bertz CT molecular complexity index is 1440. The van der Waals surface area contributed by atoms with Crippen LogP contribution in [0.5, 0.6) is 0 Å². The average Bonchev–Trinajstić information content (AvgIpc) is 3.52. The predicted molar refractivity (Wildman–Crippen MR) is 110 cm³/mol. The smallest absolute Gasteiger partial charge is 0.116 e. The Morgan fingerprint density at radius 1 is 0.759 bits per heavy atom. The van der Waals surface area contributed by atoms with Crippen LogP contribution in [-0.2, 0) is 0 Å². The Labute approximate surface area is 164 Å². The molecule has 6 heterocycles. The normalized spacial score (nSPS) is 11.4. The van der Waals surface area contributed by atoms with Gasteiger partial charge in [0.2, 0.25) is 0 Å². The van der Waals surface area contributed by atoms with Gasteiger partial charge in [0.05, 0.1) is 40.7 Å². The summed E-state index contributed by atoms with van der Waals surface area (Å²) >= 11 is 0. The number of aromatic amines is 3. The average molecular weight is 378 g/mol. The minimum absolute atomic E-state index is 0.829. The van der Waals surface area contributed by atoms with E-state index in [9.17, 15) is 0 Å². The zero-order chi connectivity index (χ0) is 19.2. The van der Waals surface area contributed by atoms with Gasteiger partial charge in [-0.1, -0.05) is 6.07 Å². The third-order valence-corrected chi connectivity index (χ3v) is 4.95. The maximum atomic E-state index is 4.55. The number of hydrogen-bond acceptors (Lipinski definition) is 5. The molecule has 0 aliphatic rings. The Morgan fingerprint density at radius 3 is 2.59 bits per heavy atom. The second kappa shape index (κ2) is 6.10. The zero-order valence-electron chi connectivity index (χ0n) is 15.1. The fourth-order valence-electron chi connectivity index (χ4n) is 3.56. The van der Waals surface area contributed by atoms with E-state index >= 15 is 0 Å². The Balaban J connectivity index is 1.54. The maximum Gasteiger partial charge on any atom is 0.116 e. The summed E-state index contributed by atoms with van der Waals surface area (Å²) in [5.74, 6) is 0. The first-order chi connectivity index (χ1) is 14.4. The minimum Gasteiger partial charge on any atom is -0.353 e. The molecule has 8 nitrogen and oxygen atoms in total. The van der Waals surface area contributed by atoms with Crippen LogP contribution in [0.4, 0.5) is 0 Å². The first kappa shape index (κ1) is 15.7. The highest BCUT2D eigenvalue weighted by molar-refractivity contribution is 6.00. The van der Waals surface area contributed by atoms with Gasteiger partial charge in [0.25, 0.3) is 0 Å². The van der Waals surface area contributed by atoms with E-state index < -0.39 is 0 Å². The largest absolute Gasteiger partial charge is 0.353 e. The number of rotatable bonds is 3. The van der Waals surface area contributed by atoms with Gasteiger partial charge < -0.3 is 4.98 Å². The van der Waals surface area contributed by atoms with Gasteiger partial charge in [-0.3, -0.25) is 25.1 Å². The monoisotopic (exact) mass is 378 g/mol. The Morgan fingerprint density at radius 2 is 1.72 bits per heavy atom. The predicted octanol–water partition coefficient (Wildman–Crippen LogP) is 3.95. The molecule has 0 radical (unpaired) electrons. The molecule has 0 aromatic carbocycles. The number of pyridine rings is 3. The van der Waals surface area contributed by atoms with Crippen LogP contribution in [0.15, 0.2) is 67.4 Å². The highest BCUT2D eigenvalue weighted by atomic mass is 15.1. The SMILES string of the molecule is c1ccc(-c2nccc3[nH]c(-c4n[nH]c5cnc(-c6cn[nH]c6)cc45)cc23)nc1. The number of nitrogens with zero attached hydrogens (tertiary/aromatic N) is 5. The molecule has 0 amide bonds. The lowest BCUT2D eigenvalue weighted by Crippen LogP contribution is -1.86. The summed E-state index contributed by atoms with van der Waals surface area (Å²) in [7, 11) is 0. The number of nitrogens with one attached hydrogen (secondary N) is 3. The Hall–Kier alpha value is -4.33. The molecule has 6 aromatic rings. The van der Waals surface area contributed by atoms with Crippen LogP contribution in [0.1, 0.15) is 0 Å². The van der Waals surface area contributed by atoms with Gasteiger partial charge in [-0.25, -0.2) is 0 Å². The molecule has 0 unspecified atom stereocenters.